The van der Waals surface area contributed by atoms with Gasteiger partial charge in [-0.25, -0.2) is 4.98 Å². The quantitative estimate of drug-likeness (QED) is 0.759. The van der Waals surface area contributed by atoms with Crippen LogP contribution in [0, 0.1) is 0 Å². The molecular formula is C18H17N3O. The Morgan fingerprint density at radius 3 is 2.59 bits per heavy atom. The molecular weight excluding hydrogens is 274 g/mol. The summed E-state index contributed by atoms with van der Waals surface area (Å²) >= 11 is 0. The van der Waals surface area contributed by atoms with Crippen molar-refractivity contribution in [3.05, 3.63) is 78.4 Å². The summed E-state index contributed by atoms with van der Waals surface area (Å²) in [6.45, 7) is 0.512. The van der Waals surface area contributed by atoms with Crippen LogP contribution in [-0.2, 0) is 17.8 Å². The average molecular weight is 291 g/mol. The van der Waals surface area contributed by atoms with Crippen LogP contribution in [-0.4, -0.2) is 15.9 Å². The van der Waals surface area contributed by atoms with Gasteiger partial charge in [-0.1, -0.05) is 54.6 Å². The third-order valence-corrected chi connectivity index (χ3v) is 3.48. The number of nitrogens with zero attached hydrogens (tertiary/aromatic N) is 1. The highest BCUT2D eigenvalue weighted by molar-refractivity contribution is 5.78. The first-order valence-corrected chi connectivity index (χ1v) is 7.20. The Labute approximate surface area is 129 Å². The molecule has 0 bridgehead atoms. The van der Waals surface area contributed by atoms with E-state index in [2.05, 4.69) is 33.5 Å². The summed E-state index contributed by atoms with van der Waals surface area (Å²) in [7, 11) is 0. The van der Waals surface area contributed by atoms with Crippen molar-refractivity contribution in [1.82, 2.24) is 15.3 Å². The first kappa shape index (κ1) is 14.1. The van der Waals surface area contributed by atoms with Gasteiger partial charge in [0.05, 0.1) is 12.7 Å². The number of aromatic amines is 1. The first-order chi connectivity index (χ1) is 10.8. The fraction of sp³-hybridized carbons (Fsp3) is 0.111. The molecule has 2 N–H and O–H groups in total. The summed E-state index contributed by atoms with van der Waals surface area (Å²) in [5.41, 5.74) is 4.21. The molecule has 1 aromatic heterocycles. The fourth-order valence-electron chi connectivity index (χ4n) is 2.38. The Hall–Kier alpha value is -2.88. The van der Waals surface area contributed by atoms with E-state index in [1.165, 1.54) is 0 Å². The van der Waals surface area contributed by atoms with Crippen molar-refractivity contribution in [2.24, 2.45) is 0 Å². The van der Waals surface area contributed by atoms with Crippen molar-refractivity contribution < 1.29 is 4.79 Å². The normalized spacial score (nSPS) is 10.4. The minimum Gasteiger partial charge on any atom is -0.352 e. The molecule has 4 heteroatoms. The van der Waals surface area contributed by atoms with Gasteiger partial charge in [-0.3, -0.25) is 4.79 Å². The van der Waals surface area contributed by atoms with Gasteiger partial charge in [-0.15, -0.1) is 0 Å². The number of imidazole rings is 1. The van der Waals surface area contributed by atoms with Crippen molar-refractivity contribution >= 4 is 5.91 Å². The van der Waals surface area contributed by atoms with E-state index < -0.39 is 0 Å². The Bertz CT molecular complexity index is 736. The van der Waals surface area contributed by atoms with Gasteiger partial charge in [0, 0.05) is 18.4 Å². The summed E-state index contributed by atoms with van der Waals surface area (Å²) in [5.74, 6) is -0.0212. The second kappa shape index (κ2) is 6.72. The average Bonchev–Trinajstić information content (AvgIpc) is 3.07. The lowest BCUT2D eigenvalue weighted by molar-refractivity contribution is -0.120. The molecule has 3 aromatic rings. The number of benzene rings is 2. The third kappa shape index (κ3) is 3.41. The van der Waals surface area contributed by atoms with Gasteiger partial charge in [0.1, 0.15) is 0 Å². The van der Waals surface area contributed by atoms with E-state index in [0.29, 0.717) is 13.0 Å². The standard InChI is InChI=1S/C18H17N3O/c22-18(10-16-12-19-13-21-16)20-11-15-8-4-5-9-17(15)14-6-2-1-3-7-14/h1-9,12-13H,10-11H2,(H,19,21)(H,20,22). The molecule has 4 nitrogen and oxygen atoms in total. The van der Waals surface area contributed by atoms with Crippen LogP contribution in [0.4, 0.5) is 0 Å². The number of aromatic nitrogens is 2. The lowest BCUT2D eigenvalue weighted by atomic mass is 10.00. The zero-order valence-electron chi connectivity index (χ0n) is 12.1. The number of carbonyl (C=O) groups excluding carboxylic acids is 1. The van der Waals surface area contributed by atoms with E-state index in [9.17, 15) is 4.79 Å². The number of nitrogens with one attached hydrogen (secondary N) is 2. The van der Waals surface area contributed by atoms with Crippen LogP contribution >= 0.6 is 0 Å². The van der Waals surface area contributed by atoms with Gasteiger partial charge in [0.15, 0.2) is 0 Å². The van der Waals surface area contributed by atoms with Crippen molar-refractivity contribution in [3.63, 3.8) is 0 Å². The maximum absolute atomic E-state index is 12.0. The summed E-state index contributed by atoms with van der Waals surface area (Å²) in [6.07, 6.45) is 3.55. The number of amides is 1. The van der Waals surface area contributed by atoms with E-state index >= 15 is 0 Å². The largest absolute Gasteiger partial charge is 0.352 e. The summed E-state index contributed by atoms with van der Waals surface area (Å²) in [4.78, 5) is 18.8. The van der Waals surface area contributed by atoms with E-state index in [4.69, 9.17) is 0 Å². The van der Waals surface area contributed by atoms with Gasteiger partial charge >= 0.3 is 0 Å². The lowest BCUT2D eigenvalue weighted by Gasteiger charge is -2.10. The van der Waals surface area contributed by atoms with Crippen molar-refractivity contribution in [2.75, 3.05) is 0 Å². The Morgan fingerprint density at radius 2 is 1.82 bits per heavy atom. The van der Waals surface area contributed by atoms with Gasteiger partial charge in [0.2, 0.25) is 5.91 Å². The number of carbonyl (C=O) groups is 1. The molecule has 1 heterocycles. The fourth-order valence-corrected chi connectivity index (χ4v) is 2.38. The predicted octanol–water partition coefficient (Wildman–Crippen LogP) is 2.94. The molecule has 1 amide bonds. The molecule has 0 spiro atoms. The molecule has 0 fully saturated rings. The number of H-pyrrole nitrogens is 1. The Kier molecular flexibility index (Phi) is 4.30. The minimum absolute atomic E-state index is 0.0212. The molecule has 0 atom stereocenters. The molecule has 0 aliphatic carbocycles. The smallest absolute Gasteiger partial charge is 0.226 e. The molecule has 0 radical (unpaired) electrons. The first-order valence-electron chi connectivity index (χ1n) is 7.20. The molecule has 0 unspecified atom stereocenters. The number of hydrogen-bond donors (Lipinski definition) is 2. The van der Waals surface area contributed by atoms with Crippen LogP contribution in [0.25, 0.3) is 11.1 Å². The van der Waals surface area contributed by atoms with Gasteiger partial charge in [-0.2, -0.15) is 0 Å². The van der Waals surface area contributed by atoms with Crippen molar-refractivity contribution in [3.8, 4) is 11.1 Å². The molecule has 110 valence electrons. The zero-order chi connectivity index (χ0) is 15.2. The van der Waals surface area contributed by atoms with Gasteiger partial charge in [-0.05, 0) is 16.7 Å². The summed E-state index contributed by atoms with van der Waals surface area (Å²) < 4.78 is 0. The second-order valence-corrected chi connectivity index (χ2v) is 5.05. The van der Waals surface area contributed by atoms with Gasteiger partial charge < -0.3 is 10.3 Å². The van der Waals surface area contributed by atoms with Crippen LogP contribution in [0.15, 0.2) is 67.1 Å². The van der Waals surface area contributed by atoms with Crippen LogP contribution in [0.2, 0.25) is 0 Å². The van der Waals surface area contributed by atoms with E-state index in [1.807, 2.05) is 36.4 Å². The topological polar surface area (TPSA) is 57.8 Å². The molecule has 0 saturated carbocycles. The zero-order valence-corrected chi connectivity index (χ0v) is 12.1. The molecule has 3 rings (SSSR count). The highest BCUT2D eigenvalue weighted by Gasteiger charge is 2.07. The Balaban J connectivity index is 1.69. The van der Waals surface area contributed by atoms with Crippen LogP contribution in [0.1, 0.15) is 11.3 Å². The predicted molar refractivity (Wildman–Crippen MR) is 86.0 cm³/mol. The van der Waals surface area contributed by atoms with E-state index in [0.717, 1.165) is 22.4 Å². The van der Waals surface area contributed by atoms with Gasteiger partial charge in [0.25, 0.3) is 0 Å². The van der Waals surface area contributed by atoms with Crippen LogP contribution in [0.3, 0.4) is 0 Å². The van der Waals surface area contributed by atoms with E-state index in [1.54, 1.807) is 12.5 Å². The maximum Gasteiger partial charge on any atom is 0.226 e. The molecule has 2 aromatic carbocycles. The van der Waals surface area contributed by atoms with Crippen LogP contribution < -0.4 is 5.32 Å². The maximum atomic E-state index is 12.0. The monoisotopic (exact) mass is 291 g/mol. The molecule has 22 heavy (non-hydrogen) atoms. The number of rotatable bonds is 5. The van der Waals surface area contributed by atoms with E-state index in [-0.39, 0.29) is 5.91 Å². The van der Waals surface area contributed by atoms with Crippen molar-refractivity contribution in [1.29, 1.82) is 0 Å². The van der Waals surface area contributed by atoms with Crippen molar-refractivity contribution in [2.45, 2.75) is 13.0 Å². The van der Waals surface area contributed by atoms with Crippen LogP contribution in [0.5, 0.6) is 0 Å². The highest BCUT2D eigenvalue weighted by atomic mass is 16.1. The highest BCUT2D eigenvalue weighted by Crippen LogP contribution is 2.23. The third-order valence-electron chi connectivity index (χ3n) is 3.48. The minimum atomic E-state index is -0.0212. The summed E-state index contributed by atoms with van der Waals surface area (Å²) in [5, 5.41) is 2.96. The number of hydrogen-bond acceptors (Lipinski definition) is 2. The summed E-state index contributed by atoms with van der Waals surface area (Å²) in [6, 6.07) is 18.3. The Morgan fingerprint density at radius 1 is 1.05 bits per heavy atom. The molecule has 0 aliphatic heterocycles. The molecule has 0 saturated heterocycles. The SMILES string of the molecule is O=C(Cc1cnc[nH]1)NCc1ccccc1-c1ccccc1. The lowest BCUT2D eigenvalue weighted by Crippen LogP contribution is -2.24. The second-order valence-electron chi connectivity index (χ2n) is 5.05. The molecule has 0 aliphatic rings.